The van der Waals surface area contributed by atoms with Crippen LogP contribution in [0.5, 0.6) is 0 Å². The minimum Gasteiger partial charge on any atom is -0.390 e. The first-order valence-corrected chi connectivity index (χ1v) is 3.93. The van der Waals surface area contributed by atoms with Crippen LogP contribution in [0.3, 0.4) is 0 Å². The van der Waals surface area contributed by atoms with Gasteiger partial charge in [-0.15, -0.1) is 0 Å². The number of carbonyl (C=O) groups is 1. The lowest BCUT2D eigenvalue weighted by molar-refractivity contribution is -0.189. The van der Waals surface area contributed by atoms with Crippen LogP contribution in [0.2, 0.25) is 0 Å². The number of hydrogen-bond donors (Lipinski definition) is 4. The van der Waals surface area contributed by atoms with Gasteiger partial charge in [0.15, 0.2) is 6.29 Å². The highest BCUT2D eigenvalue weighted by Crippen LogP contribution is 2.22. The molecular formula is C8H16O5. The third kappa shape index (κ3) is 2.47. The van der Waals surface area contributed by atoms with Gasteiger partial charge in [-0.3, -0.25) is 0 Å². The van der Waals surface area contributed by atoms with Crippen molar-refractivity contribution in [1.82, 2.24) is 0 Å². The van der Waals surface area contributed by atoms with Crippen LogP contribution < -0.4 is 0 Å². The highest BCUT2D eigenvalue weighted by atomic mass is 16.4. The standard InChI is InChI=1S/C8H16O5/c1-5(10)8(3,13)6(11)7(2,12)4-9/h4-6,10-13H,1-3H3/t5-,6-,7-,8-/m0/s1. The summed E-state index contributed by atoms with van der Waals surface area (Å²) in [6.07, 6.45) is -2.87. The molecule has 4 N–H and O–H groups in total. The number of aldehydes is 1. The minimum atomic E-state index is -2.07. The molecular weight excluding hydrogens is 176 g/mol. The predicted molar refractivity (Wildman–Crippen MR) is 45.0 cm³/mol. The molecule has 0 aromatic rings. The summed E-state index contributed by atoms with van der Waals surface area (Å²) >= 11 is 0. The molecule has 0 saturated carbocycles. The molecule has 0 rings (SSSR count). The van der Waals surface area contributed by atoms with Gasteiger partial charge in [0, 0.05) is 0 Å². The van der Waals surface area contributed by atoms with Crippen LogP contribution in [-0.2, 0) is 4.79 Å². The van der Waals surface area contributed by atoms with Crippen molar-refractivity contribution in [3.8, 4) is 0 Å². The lowest BCUT2D eigenvalue weighted by atomic mass is 9.83. The van der Waals surface area contributed by atoms with Crippen LogP contribution in [0, 0.1) is 0 Å². The van der Waals surface area contributed by atoms with Gasteiger partial charge < -0.3 is 25.2 Å². The molecule has 0 aliphatic rings. The highest BCUT2D eigenvalue weighted by Gasteiger charge is 2.46. The molecule has 0 aliphatic heterocycles. The average molecular weight is 192 g/mol. The second kappa shape index (κ2) is 3.71. The van der Waals surface area contributed by atoms with Crippen molar-refractivity contribution in [2.75, 3.05) is 0 Å². The second-order valence-electron chi connectivity index (χ2n) is 3.65. The average Bonchev–Trinajstić information content (AvgIpc) is 2.02. The molecule has 0 aliphatic carbocycles. The number of aliphatic hydroxyl groups is 4. The third-order valence-electron chi connectivity index (χ3n) is 2.19. The molecule has 0 aromatic carbocycles. The summed E-state index contributed by atoms with van der Waals surface area (Å²) in [4.78, 5) is 10.3. The van der Waals surface area contributed by atoms with E-state index in [0.29, 0.717) is 0 Å². The van der Waals surface area contributed by atoms with E-state index < -0.39 is 23.4 Å². The molecule has 0 aromatic heterocycles. The number of rotatable bonds is 4. The molecule has 0 amide bonds. The van der Waals surface area contributed by atoms with Crippen molar-refractivity contribution >= 4 is 6.29 Å². The lowest BCUT2D eigenvalue weighted by Crippen LogP contribution is -2.59. The fourth-order valence-electron chi connectivity index (χ4n) is 0.885. The molecule has 5 heteroatoms. The van der Waals surface area contributed by atoms with E-state index in [4.69, 9.17) is 5.11 Å². The first-order valence-electron chi connectivity index (χ1n) is 3.93. The van der Waals surface area contributed by atoms with Crippen molar-refractivity contribution in [2.24, 2.45) is 0 Å². The van der Waals surface area contributed by atoms with E-state index in [2.05, 4.69) is 0 Å². The van der Waals surface area contributed by atoms with E-state index >= 15 is 0 Å². The van der Waals surface area contributed by atoms with Gasteiger partial charge in [-0.25, -0.2) is 0 Å². The first-order chi connectivity index (χ1) is 5.66. The molecule has 13 heavy (non-hydrogen) atoms. The van der Waals surface area contributed by atoms with E-state index in [1.807, 2.05) is 0 Å². The van der Waals surface area contributed by atoms with Gasteiger partial charge in [0.2, 0.25) is 0 Å². The van der Waals surface area contributed by atoms with Gasteiger partial charge in [0.1, 0.15) is 17.3 Å². The quantitative estimate of drug-likeness (QED) is 0.403. The summed E-state index contributed by atoms with van der Waals surface area (Å²) < 4.78 is 0. The van der Waals surface area contributed by atoms with Gasteiger partial charge in [0.05, 0.1) is 6.10 Å². The molecule has 5 nitrogen and oxygen atoms in total. The lowest BCUT2D eigenvalue weighted by Gasteiger charge is -2.37. The monoisotopic (exact) mass is 192 g/mol. The second-order valence-corrected chi connectivity index (χ2v) is 3.65. The van der Waals surface area contributed by atoms with E-state index in [0.717, 1.165) is 13.8 Å². The van der Waals surface area contributed by atoms with Crippen LogP contribution in [0.25, 0.3) is 0 Å². The summed E-state index contributed by atoms with van der Waals surface area (Å²) in [7, 11) is 0. The predicted octanol–water partition coefficient (Wildman–Crippen LogP) is -1.57. The van der Waals surface area contributed by atoms with Gasteiger partial charge >= 0.3 is 0 Å². The highest BCUT2D eigenvalue weighted by molar-refractivity contribution is 5.62. The van der Waals surface area contributed by atoms with Crippen molar-refractivity contribution in [1.29, 1.82) is 0 Å². The van der Waals surface area contributed by atoms with Crippen LogP contribution in [0.4, 0.5) is 0 Å². The van der Waals surface area contributed by atoms with Gasteiger partial charge in [0.25, 0.3) is 0 Å². The maximum absolute atomic E-state index is 10.3. The Morgan fingerprint density at radius 3 is 1.85 bits per heavy atom. The van der Waals surface area contributed by atoms with Crippen molar-refractivity contribution in [3.05, 3.63) is 0 Å². The molecule has 4 atom stereocenters. The Balaban J connectivity index is 4.77. The molecule has 0 saturated heterocycles. The fourth-order valence-corrected chi connectivity index (χ4v) is 0.885. The molecule has 0 bridgehead atoms. The van der Waals surface area contributed by atoms with Gasteiger partial charge in [-0.2, -0.15) is 0 Å². The van der Waals surface area contributed by atoms with E-state index in [1.165, 1.54) is 6.92 Å². The number of carbonyl (C=O) groups excluding carboxylic acids is 1. The normalized spacial score (nSPS) is 25.5. The van der Waals surface area contributed by atoms with Gasteiger partial charge in [-0.05, 0) is 20.8 Å². The van der Waals surface area contributed by atoms with E-state index in [1.54, 1.807) is 0 Å². The Morgan fingerprint density at radius 1 is 1.23 bits per heavy atom. The van der Waals surface area contributed by atoms with Crippen molar-refractivity contribution < 1.29 is 25.2 Å². The summed E-state index contributed by atoms with van der Waals surface area (Å²) in [5.41, 5.74) is -4.00. The molecule has 0 unspecified atom stereocenters. The number of aliphatic hydroxyl groups excluding tert-OH is 2. The molecule has 0 radical (unpaired) electrons. The van der Waals surface area contributed by atoms with Crippen molar-refractivity contribution in [3.63, 3.8) is 0 Å². The smallest absolute Gasteiger partial charge is 0.154 e. The maximum atomic E-state index is 10.3. The molecule has 0 heterocycles. The topological polar surface area (TPSA) is 98.0 Å². The molecule has 0 spiro atoms. The minimum absolute atomic E-state index is 0.120. The van der Waals surface area contributed by atoms with Crippen molar-refractivity contribution in [2.45, 2.75) is 44.2 Å². The zero-order valence-electron chi connectivity index (χ0n) is 7.93. The van der Waals surface area contributed by atoms with E-state index in [9.17, 15) is 20.1 Å². The Labute approximate surface area is 76.6 Å². The SMILES string of the molecule is C[C@H](O)[C@](C)(O)[C@@H](O)[C@@](C)(O)C=O. The molecule has 78 valence electrons. The van der Waals surface area contributed by atoms with Crippen LogP contribution >= 0.6 is 0 Å². The fraction of sp³-hybridized carbons (Fsp3) is 0.875. The maximum Gasteiger partial charge on any atom is 0.154 e. The van der Waals surface area contributed by atoms with E-state index in [-0.39, 0.29) is 6.29 Å². The van der Waals surface area contributed by atoms with Gasteiger partial charge in [-0.1, -0.05) is 0 Å². The Kier molecular flexibility index (Phi) is 3.57. The third-order valence-corrected chi connectivity index (χ3v) is 2.19. The number of hydrogen-bond acceptors (Lipinski definition) is 5. The Bertz CT molecular complexity index is 185. The Morgan fingerprint density at radius 2 is 1.62 bits per heavy atom. The van der Waals surface area contributed by atoms with Crippen LogP contribution in [0.1, 0.15) is 20.8 Å². The summed E-state index contributed by atoms with van der Waals surface area (Å²) in [6.45, 7) is 3.45. The zero-order valence-corrected chi connectivity index (χ0v) is 7.93. The first kappa shape index (κ1) is 12.5. The van der Waals surface area contributed by atoms with Crippen LogP contribution in [-0.4, -0.2) is 50.1 Å². The largest absolute Gasteiger partial charge is 0.390 e. The zero-order chi connectivity index (χ0) is 10.9. The summed E-state index contributed by atoms with van der Waals surface area (Å²) in [5.74, 6) is 0. The Hall–Kier alpha value is -0.490. The summed E-state index contributed by atoms with van der Waals surface area (Å²) in [6, 6.07) is 0. The molecule has 0 fully saturated rings. The summed E-state index contributed by atoms with van der Waals surface area (Å²) in [5, 5.41) is 37.3. The van der Waals surface area contributed by atoms with Crippen LogP contribution in [0.15, 0.2) is 0 Å².